The lowest BCUT2D eigenvalue weighted by molar-refractivity contribution is -0.136. The molecule has 0 saturated heterocycles. The Morgan fingerprint density at radius 3 is 1.73 bits per heavy atom. The number of aliphatic carboxylic acids is 1. The monoisotopic (exact) mass is 346 g/mol. The van der Waals surface area contributed by atoms with Gasteiger partial charge in [-0.05, 0) is 41.0 Å². The van der Waals surface area contributed by atoms with Crippen molar-refractivity contribution < 1.29 is 14.7 Å². The maximum atomic E-state index is 12.1. The van der Waals surface area contributed by atoms with Crippen LogP contribution in [0.15, 0.2) is 78.9 Å². The van der Waals surface area contributed by atoms with Crippen molar-refractivity contribution in [3.05, 3.63) is 84.4 Å². The van der Waals surface area contributed by atoms with E-state index in [0.29, 0.717) is 16.9 Å². The summed E-state index contributed by atoms with van der Waals surface area (Å²) >= 11 is 0. The van der Waals surface area contributed by atoms with E-state index in [9.17, 15) is 9.59 Å². The highest BCUT2D eigenvalue weighted by Crippen LogP contribution is 2.21. The van der Waals surface area contributed by atoms with Crippen molar-refractivity contribution in [1.82, 2.24) is 0 Å². The fourth-order valence-electron chi connectivity index (χ4n) is 2.55. The van der Waals surface area contributed by atoms with E-state index >= 15 is 0 Å². The molecule has 0 unspecified atom stereocenters. The minimum atomic E-state index is -0.887. The van der Waals surface area contributed by atoms with Crippen LogP contribution < -0.4 is 10.6 Å². The highest BCUT2D eigenvalue weighted by atomic mass is 16.4. The number of carboxylic acids is 1. The van der Waals surface area contributed by atoms with Crippen molar-refractivity contribution in [1.29, 1.82) is 0 Å². The van der Waals surface area contributed by atoms with Crippen molar-refractivity contribution in [2.45, 2.75) is 6.42 Å². The minimum absolute atomic E-state index is 0.0414. The Morgan fingerprint density at radius 1 is 0.692 bits per heavy atom. The van der Waals surface area contributed by atoms with Crippen LogP contribution in [0.25, 0.3) is 11.1 Å². The van der Waals surface area contributed by atoms with Crippen molar-refractivity contribution in [2.24, 2.45) is 0 Å². The average molecular weight is 346 g/mol. The average Bonchev–Trinajstić information content (AvgIpc) is 2.64. The van der Waals surface area contributed by atoms with Crippen LogP contribution >= 0.6 is 0 Å². The normalized spacial score (nSPS) is 10.2. The highest BCUT2D eigenvalue weighted by molar-refractivity contribution is 5.99. The number of nitrogens with one attached hydrogen (secondary N) is 2. The Kier molecular flexibility index (Phi) is 5.29. The van der Waals surface area contributed by atoms with Crippen LogP contribution in [0.1, 0.15) is 5.56 Å². The van der Waals surface area contributed by atoms with Crippen LogP contribution in [-0.2, 0) is 11.2 Å². The second kappa shape index (κ2) is 7.98. The van der Waals surface area contributed by atoms with Crippen molar-refractivity contribution in [3.8, 4) is 11.1 Å². The molecule has 0 aliphatic carbocycles. The smallest absolute Gasteiger partial charge is 0.323 e. The zero-order chi connectivity index (χ0) is 18.4. The summed E-state index contributed by atoms with van der Waals surface area (Å²) in [5.74, 6) is -0.887. The van der Waals surface area contributed by atoms with E-state index < -0.39 is 5.97 Å². The van der Waals surface area contributed by atoms with Gasteiger partial charge in [-0.2, -0.15) is 0 Å². The molecular formula is C21H18N2O3. The Labute approximate surface area is 151 Å². The van der Waals surface area contributed by atoms with E-state index in [0.717, 1.165) is 11.1 Å². The number of anilines is 2. The van der Waals surface area contributed by atoms with Crippen LogP contribution in [-0.4, -0.2) is 17.1 Å². The molecule has 0 aromatic heterocycles. The third-order valence-electron chi connectivity index (χ3n) is 3.82. The number of hydrogen-bond acceptors (Lipinski definition) is 2. The summed E-state index contributed by atoms with van der Waals surface area (Å²) in [5.41, 5.74) is 4.15. The molecule has 3 rings (SSSR count). The number of hydrogen-bond donors (Lipinski definition) is 3. The summed E-state index contributed by atoms with van der Waals surface area (Å²) in [5, 5.41) is 14.2. The zero-order valence-corrected chi connectivity index (χ0v) is 14.0. The molecule has 0 heterocycles. The van der Waals surface area contributed by atoms with Gasteiger partial charge in [0.1, 0.15) is 0 Å². The van der Waals surface area contributed by atoms with E-state index in [-0.39, 0.29) is 12.5 Å². The van der Waals surface area contributed by atoms with Gasteiger partial charge < -0.3 is 15.7 Å². The molecule has 5 nitrogen and oxygen atoms in total. The lowest BCUT2D eigenvalue weighted by atomic mass is 10.1. The van der Waals surface area contributed by atoms with E-state index in [1.807, 2.05) is 54.6 Å². The van der Waals surface area contributed by atoms with Gasteiger partial charge >= 0.3 is 12.0 Å². The maximum absolute atomic E-state index is 12.1. The Bertz CT molecular complexity index is 889. The third-order valence-corrected chi connectivity index (χ3v) is 3.82. The van der Waals surface area contributed by atoms with Crippen LogP contribution in [0.4, 0.5) is 16.2 Å². The SMILES string of the molecule is O=C(O)Cc1ccc(NC(=O)Nc2ccc(-c3ccccc3)cc2)cc1. The molecule has 3 N–H and O–H groups in total. The molecule has 0 saturated carbocycles. The molecule has 0 aliphatic heterocycles. The summed E-state index contributed by atoms with van der Waals surface area (Å²) < 4.78 is 0. The van der Waals surface area contributed by atoms with Crippen molar-refractivity contribution in [3.63, 3.8) is 0 Å². The number of benzene rings is 3. The number of carbonyl (C=O) groups excluding carboxylic acids is 1. The van der Waals surface area contributed by atoms with E-state index in [4.69, 9.17) is 5.11 Å². The molecule has 26 heavy (non-hydrogen) atoms. The van der Waals surface area contributed by atoms with Gasteiger partial charge in [0, 0.05) is 11.4 Å². The first-order valence-electron chi connectivity index (χ1n) is 8.14. The number of rotatable bonds is 5. The van der Waals surface area contributed by atoms with Crippen molar-refractivity contribution >= 4 is 23.4 Å². The van der Waals surface area contributed by atoms with Crippen LogP contribution in [0.3, 0.4) is 0 Å². The first-order chi connectivity index (χ1) is 12.6. The van der Waals surface area contributed by atoms with Gasteiger partial charge in [0.15, 0.2) is 0 Å². The Morgan fingerprint density at radius 2 is 1.19 bits per heavy atom. The molecular weight excluding hydrogens is 328 g/mol. The second-order valence-corrected chi connectivity index (χ2v) is 5.79. The molecule has 0 bridgehead atoms. The number of carboxylic acid groups (broad SMARTS) is 1. The predicted molar refractivity (Wildman–Crippen MR) is 102 cm³/mol. The van der Waals surface area contributed by atoms with Crippen LogP contribution in [0.2, 0.25) is 0 Å². The third kappa shape index (κ3) is 4.70. The van der Waals surface area contributed by atoms with E-state index in [1.54, 1.807) is 24.3 Å². The molecule has 0 aliphatic rings. The predicted octanol–water partition coefficient (Wildman–Crippen LogP) is 4.62. The first kappa shape index (κ1) is 17.2. The lowest BCUT2D eigenvalue weighted by Crippen LogP contribution is -2.19. The van der Waals surface area contributed by atoms with Gasteiger partial charge in [-0.1, -0.05) is 54.6 Å². The molecule has 5 heteroatoms. The van der Waals surface area contributed by atoms with Gasteiger partial charge in [0.25, 0.3) is 0 Å². The van der Waals surface area contributed by atoms with Gasteiger partial charge in [-0.3, -0.25) is 4.79 Å². The highest BCUT2D eigenvalue weighted by Gasteiger charge is 2.05. The number of carbonyl (C=O) groups is 2. The number of urea groups is 1. The molecule has 3 aromatic carbocycles. The maximum Gasteiger partial charge on any atom is 0.323 e. The first-order valence-corrected chi connectivity index (χ1v) is 8.14. The molecule has 3 aromatic rings. The quantitative estimate of drug-likeness (QED) is 0.630. The lowest BCUT2D eigenvalue weighted by Gasteiger charge is -2.09. The fourth-order valence-corrected chi connectivity index (χ4v) is 2.55. The van der Waals surface area contributed by atoms with Crippen LogP contribution in [0, 0.1) is 0 Å². The Balaban J connectivity index is 1.58. The second-order valence-electron chi connectivity index (χ2n) is 5.79. The topological polar surface area (TPSA) is 78.4 Å². The van der Waals surface area contributed by atoms with Crippen LogP contribution in [0.5, 0.6) is 0 Å². The summed E-state index contributed by atoms with van der Waals surface area (Å²) in [4.78, 5) is 22.8. The largest absolute Gasteiger partial charge is 0.481 e. The van der Waals surface area contributed by atoms with E-state index in [1.165, 1.54) is 0 Å². The minimum Gasteiger partial charge on any atom is -0.481 e. The van der Waals surface area contributed by atoms with Crippen molar-refractivity contribution in [2.75, 3.05) is 10.6 Å². The Hall–Kier alpha value is -3.60. The number of amides is 2. The van der Waals surface area contributed by atoms with Gasteiger partial charge in [-0.25, -0.2) is 4.79 Å². The molecule has 0 radical (unpaired) electrons. The van der Waals surface area contributed by atoms with Gasteiger partial charge in [-0.15, -0.1) is 0 Å². The molecule has 130 valence electrons. The molecule has 2 amide bonds. The molecule has 0 fully saturated rings. The summed E-state index contributed by atoms with van der Waals surface area (Å²) in [6.07, 6.45) is -0.0414. The van der Waals surface area contributed by atoms with Gasteiger partial charge in [0.05, 0.1) is 6.42 Å². The zero-order valence-electron chi connectivity index (χ0n) is 14.0. The van der Waals surface area contributed by atoms with E-state index in [2.05, 4.69) is 10.6 Å². The summed E-state index contributed by atoms with van der Waals surface area (Å²) in [7, 11) is 0. The molecule has 0 spiro atoms. The summed E-state index contributed by atoms with van der Waals surface area (Å²) in [6.45, 7) is 0. The summed E-state index contributed by atoms with van der Waals surface area (Å²) in [6, 6.07) is 23.9. The van der Waals surface area contributed by atoms with Gasteiger partial charge in [0.2, 0.25) is 0 Å². The fraction of sp³-hybridized carbons (Fsp3) is 0.0476. The molecule has 0 atom stereocenters. The standard InChI is InChI=1S/C21H18N2O3/c24-20(25)14-15-6-10-18(11-7-15)22-21(26)23-19-12-8-17(9-13-19)16-4-2-1-3-5-16/h1-13H,14H2,(H,24,25)(H2,22,23,26).